The molecule has 1 heterocycles. The van der Waals surface area contributed by atoms with Gasteiger partial charge in [0.05, 0.1) is 5.84 Å². The molecule has 0 spiro atoms. The molecule has 0 aromatic heterocycles. The van der Waals surface area contributed by atoms with Crippen LogP contribution in [0.3, 0.4) is 0 Å². The van der Waals surface area contributed by atoms with E-state index in [1.807, 2.05) is 0 Å². The van der Waals surface area contributed by atoms with E-state index in [-0.39, 0.29) is 5.84 Å². The van der Waals surface area contributed by atoms with Gasteiger partial charge in [-0.2, -0.15) is 0 Å². The van der Waals surface area contributed by atoms with E-state index in [0.717, 1.165) is 26.1 Å². The summed E-state index contributed by atoms with van der Waals surface area (Å²) in [5.74, 6) is 0.919. The van der Waals surface area contributed by atoms with Gasteiger partial charge in [0, 0.05) is 26.1 Å². The number of nitrogens with zero attached hydrogens (tertiary/aromatic N) is 1. The lowest BCUT2D eigenvalue weighted by molar-refractivity contribution is 0.252. The predicted octanol–water partition coefficient (Wildman–Crippen LogP) is 0.0168. The Morgan fingerprint density at radius 1 is 1.62 bits per heavy atom. The second-order valence-corrected chi connectivity index (χ2v) is 3.74. The summed E-state index contributed by atoms with van der Waals surface area (Å²) in [5.41, 5.74) is 5.28. The Hall–Kier alpha value is -0.610. The fourth-order valence-corrected chi connectivity index (χ4v) is 1.81. The Labute approximate surface area is 79.2 Å². The minimum Gasteiger partial charge on any atom is -0.396 e. The van der Waals surface area contributed by atoms with Crippen molar-refractivity contribution in [3.8, 4) is 0 Å². The minimum atomic E-state index is 0.269. The first kappa shape index (κ1) is 10.5. The van der Waals surface area contributed by atoms with Crippen molar-refractivity contribution in [1.29, 1.82) is 5.41 Å². The van der Waals surface area contributed by atoms with Gasteiger partial charge in [-0.05, 0) is 25.3 Å². The van der Waals surface area contributed by atoms with Gasteiger partial charge in [-0.3, -0.25) is 5.41 Å². The quantitative estimate of drug-likeness (QED) is 0.417. The molecule has 0 amide bonds. The highest BCUT2D eigenvalue weighted by Gasteiger charge is 2.21. The van der Waals surface area contributed by atoms with Gasteiger partial charge in [0.2, 0.25) is 0 Å². The van der Waals surface area contributed by atoms with Crippen LogP contribution < -0.4 is 5.73 Å². The second kappa shape index (κ2) is 5.19. The molecule has 4 N–H and O–H groups in total. The number of hydrogen-bond acceptors (Lipinski definition) is 3. The number of hydrogen-bond donors (Lipinski definition) is 3. The lowest BCUT2D eigenvalue weighted by atomic mass is 10.1. The summed E-state index contributed by atoms with van der Waals surface area (Å²) in [6.07, 6.45) is 2.76. The van der Waals surface area contributed by atoms with Crippen LogP contribution in [0.5, 0.6) is 0 Å². The summed E-state index contributed by atoms with van der Waals surface area (Å²) in [6.45, 7) is 3.36. The van der Waals surface area contributed by atoms with Gasteiger partial charge < -0.3 is 15.7 Å². The Kier molecular flexibility index (Phi) is 4.18. The van der Waals surface area contributed by atoms with E-state index in [0.29, 0.717) is 18.9 Å². The van der Waals surface area contributed by atoms with Crippen molar-refractivity contribution in [3.63, 3.8) is 0 Å². The number of likely N-dealkylation sites (tertiary alicyclic amines) is 1. The van der Waals surface area contributed by atoms with Gasteiger partial charge in [0.15, 0.2) is 0 Å². The zero-order valence-corrected chi connectivity index (χ0v) is 8.00. The molecule has 1 saturated heterocycles. The molecule has 0 aromatic rings. The zero-order valence-electron chi connectivity index (χ0n) is 8.00. The van der Waals surface area contributed by atoms with Gasteiger partial charge in [-0.1, -0.05) is 0 Å². The third-order valence-electron chi connectivity index (χ3n) is 2.60. The molecule has 1 rings (SSSR count). The molecule has 0 aliphatic carbocycles. The van der Waals surface area contributed by atoms with Crippen LogP contribution in [0.25, 0.3) is 0 Å². The van der Waals surface area contributed by atoms with Crippen LogP contribution in [0.4, 0.5) is 0 Å². The number of aliphatic hydroxyl groups excluding tert-OH is 1. The van der Waals surface area contributed by atoms with Crippen LogP contribution in [0.15, 0.2) is 0 Å². The fraction of sp³-hybridized carbons (Fsp3) is 0.889. The molecule has 1 unspecified atom stereocenters. The summed E-state index contributed by atoms with van der Waals surface area (Å²) >= 11 is 0. The number of nitrogens with one attached hydrogen (secondary N) is 1. The second-order valence-electron chi connectivity index (χ2n) is 3.74. The van der Waals surface area contributed by atoms with Crippen LogP contribution in [0.1, 0.15) is 19.3 Å². The molecule has 4 nitrogen and oxygen atoms in total. The lowest BCUT2D eigenvalue weighted by Gasteiger charge is -2.14. The van der Waals surface area contributed by atoms with Gasteiger partial charge in [0.25, 0.3) is 0 Å². The van der Waals surface area contributed by atoms with E-state index >= 15 is 0 Å². The normalized spacial score (nSPS) is 23.6. The molecule has 13 heavy (non-hydrogen) atoms. The van der Waals surface area contributed by atoms with Gasteiger partial charge in [-0.25, -0.2) is 0 Å². The van der Waals surface area contributed by atoms with Crippen molar-refractivity contribution in [3.05, 3.63) is 0 Å². The van der Waals surface area contributed by atoms with Gasteiger partial charge in [0.1, 0.15) is 0 Å². The first-order chi connectivity index (χ1) is 6.22. The topological polar surface area (TPSA) is 73.3 Å². The van der Waals surface area contributed by atoms with Crippen LogP contribution in [-0.2, 0) is 0 Å². The van der Waals surface area contributed by atoms with Crippen LogP contribution >= 0.6 is 0 Å². The summed E-state index contributed by atoms with van der Waals surface area (Å²) in [6, 6.07) is 0. The van der Waals surface area contributed by atoms with Crippen LogP contribution in [-0.4, -0.2) is 42.1 Å². The van der Waals surface area contributed by atoms with Crippen molar-refractivity contribution in [2.75, 3.05) is 26.2 Å². The third kappa shape index (κ3) is 3.74. The van der Waals surface area contributed by atoms with Crippen molar-refractivity contribution in [1.82, 2.24) is 4.90 Å². The molecule has 4 heteroatoms. The average Bonchev–Trinajstić information content (AvgIpc) is 2.50. The van der Waals surface area contributed by atoms with Crippen LogP contribution in [0, 0.1) is 11.3 Å². The van der Waals surface area contributed by atoms with Crippen LogP contribution in [0.2, 0.25) is 0 Å². The molecule has 1 fully saturated rings. The van der Waals surface area contributed by atoms with E-state index in [1.54, 1.807) is 0 Å². The Morgan fingerprint density at radius 3 is 3.00 bits per heavy atom. The third-order valence-corrected chi connectivity index (χ3v) is 2.60. The molecule has 0 bridgehead atoms. The Morgan fingerprint density at radius 2 is 2.38 bits per heavy atom. The lowest BCUT2D eigenvalue weighted by Crippen LogP contribution is -2.26. The van der Waals surface area contributed by atoms with E-state index < -0.39 is 0 Å². The molecule has 1 aliphatic heterocycles. The maximum absolute atomic E-state index is 8.76. The van der Waals surface area contributed by atoms with E-state index in [2.05, 4.69) is 4.90 Å². The Bertz CT molecular complexity index is 172. The summed E-state index contributed by atoms with van der Waals surface area (Å²) < 4.78 is 0. The smallest absolute Gasteiger partial charge is 0.0918 e. The first-order valence-corrected chi connectivity index (χ1v) is 4.88. The monoisotopic (exact) mass is 185 g/mol. The zero-order chi connectivity index (χ0) is 9.68. The predicted molar refractivity (Wildman–Crippen MR) is 52.8 cm³/mol. The Balaban J connectivity index is 2.13. The SMILES string of the molecule is N=C(N)CCN1CCC(CCO)C1. The number of aliphatic hydroxyl groups is 1. The maximum Gasteiger partial charge on any atom is 0.0918 e. The highest BCUT2D eigenvalue weighted by atomic mass is 16.3. The highest BCUT2D eigenvalue weighted by molar-refractivity contribution is 5.76. The number of nitrogens with two attached hydrogens (primary N) is 1. The molecular weight excluding hydrogens is 166 g/mol. The van der Waals surface area contributed by atoms with E-state index in [1.165, 1.54) is 6.42 Å². The van der Waals surface area contributed by atoms with E-state index in [4.69, 9.17) is 16.2 Å². The first-order valence-electron chi connectivity index (χ1n) is 4.88. The van der Waals surface area contributed by atoms with Gasteiger partial charge in [-0.15, -0.1) is 0 Å². The maximum atomic E-state index is 8.76. The molecule has 76 valence electrons. The molecule has 0 aromatic carbocycles. The average molecular weight is 185 g/mol. The largest absolute Gasteiger partial charge is 0.396 e. The van der Waals surface area contributed by atoms with Crippen molar-refractivity contribution >= 4 is 5.84 Å². The standard InChI is InChI=1S/C9H19N3O/c10-9(11)2-5-12-4-1-8(7-12)3-6-13/h8,13H,1-7H2,(H3,10,11). The summed E-state index contributed by atoms with van der Waals surface area (Å²) in [7, 11) is 0. The van der Waals surface area contributed by atoms with Crippen molar-refractivity contribution < 1.29 is 5.11 Å². The molecule has 0 saturated carbocycles. The molecule has 1 atom stereocenters. The summed E-state index contributed by atoms with van der Waals surface area (Å²) in [5, 5.41) is 15.9. The van der Waals surface area contributed by atoms with Crippen molar-refractivity contribution in [2.45, 2.75) is 19.3 Å². The van der Waals surface area contributed by atoms with E-state index in [9.17, 15) is 0 Å². The molecule has 1 aliphatic rings. The fourth-order valence-electron chi connectivity index (χ4n) is 1.81. The number of amidine groups is 1. The number of rotatable bonds is 5. The molecule has 0 radical (unpaired) electrons. The molecular formula is C9H19N3O. The van der Waals surface area contributed by atoms with Gasteiger partial charge >= 0.3 is 0 Å². The highest BCUT2D eigenvalue weighted by Crippen LogP contribution is 2.18. The minimum absolute atomic E-state index is 0.269. The van der Waals surface area contributed by atoms with Crippen molar-refractivity contribution in [2.24, 2.45) is 11.7 Å². The summed E-state index contributed by atoms with van der Waals surface area (Å²) in [4.78, 5) is 2.32.